The average molecular weight is 163 g/mol. The maximum absolute atomic E-state index is 13.1. The Morgan fingerprint density at radius 3 is 2.80 bits per heavy atom. The summed E-state index contributed by atoms with van der Waals surface area (Å²) in [5.41, 5.74) is -0.822. The number of hydrogen-bond acceptors (Lipinski definition) is 1. The summed E-state index contributed by atoms with van der Waals surface area (Å²) < 4.78 is 41.6. The van der Waals surface area contributed by atoms with Crippen LogP contribution < -0.4 is 0 Å². The summed E-state index contributed by atoms with van der Waals surface area (Å²) in [5, 5.41) is -1.24. The van der Waals surface area contributed by atoms with Crippen molar-refractivity contribution in [2.75, 3.05) is 0 Å². The number of hydrogen-bond donors (Lipinski definition) is 0. The van der Waals surface area contributed by atoms with Crippen molar-refractivity contribution in [3.8, 4) is 0 Å². The van der Waals surface area contributed by atoms with Gasteiger partial charge in [-0.15, -0.1) is 0 Å². The van der Waals surface area contributed by atoms with Crippen LogP contribution in [0.25, 0.3) is 0 Å². The van der Waals surface area contributed by atoms with E-state index in [4.69, 9.17) is 17.1 Å². The maximum Gasteiger partial charge on any atom is 0.255 e. The third-order valence-electron chi connectivity index (χ3n) is 0.838. The Balaban J connectivity index is 3.68. The van der Waals surface area contributed by atoms with E-state index in [9.17, 15) is 9.18 Å². The van der Waals surface area contributed by atoms with Gasteiger partial charge in [0.15, 0.2) is 0 Å². The molecule has 0 saturated heterocycles. The number of carbonyl (C=O) groups is 1. The van der Waals surface area contributed by atoms with Gasteiger partial charge in [-0.1, -0.05) is 12.1 Å². The van der Waals surface area contributed by atoms with Crippen molar-refractivity contribution in [3.63, 3.8) is 0 Å². The largest absolute Gasteiger partial charge is 0.275 e. The van der Waals surface area contributed by atoms with Crippen LogP contribution in [-0.4, -0.2) is 5.24 Å². The van der Waals surface area contributed by atoms with Crippen molar-refractivity contribution in [2.24, 2.45) is 0 Å². The van der Waals surface area contributed by atoms with Gasteiger partial charge in [0.25, 0.3) is 5.24 Å². The van der Waals surface area contributed by atoms with Gasteiger partial charge in [-0.05, 0) is 23.7 Å². The van der Waals surface area contributed by atoms with Crippen LogP contribution in [0.2, 0.25) is 0 Å². The van der Waals surface area contributed by atoms with E-state index in [0.717, 1.165) is 0 Å². The second kappa shape index (κ2) is 2.80. The predicted octanol–water partition coefficient (Wildman–Crippen LogP) is 2.20. The van der Waals surface area contributed by atoms with Crippen LogP contribution in [0.1, 0.15) is 15.8 Å². The Kier molecular flexibility index (Phi) is 0.975. The van der Waals surface area contributed by atoms with Crippen molar-refractivity contribution in [2.45, 2.75) is 0 Å². The van der Waals surface area contributed by atoms with Crippen LogP contribution in [0.3, 0.4) is 0 Å². The van der Waals surface area contributed by atoms with Gasteiger partial charge >= 0.3 is 0 Å². The van der Waals surface area contributed by atoms with E-state index in [-0.39, 0.29) is 0 Å². The van der Waals surface area contributed by atoms with E-state index in [2.05, 4.69) is 0 Å². The molecule has 0 aliphatic heterocycles. The van der Waals surface area contributed by atoms with E-state index in [0.29, 0.717) is 0 Å². The summed E-state index contributed by atoms with van der Waals surface area (Å²) in [4.78, 5) is 10.7. The molecule has 0 unspecified atom stereocenters. The molecule has 0 aliphatic rings. The van der Waals surface area contributed by atoms with E-state index in [1.165, 1.54) is 0 Å². The zero-order valence-electron chi connectivity index (χ0n) is 8.66. The molecule has 1 nitrogen and oxygen atoms in total. The fourth-order valence-corrected chi connectivity index (χ4v) is 0.563. The van der Waals surface area contributed by atoms with Crippen LogP contribution in [-0.2, 0) is 0 Å². The fraction of sp³-hybridized carbons (Fsp3) is 0. The molecule has 0 amide bonds. The second-order valence-electron chi connectivity index (χ2n) is 1.46. The molecule has 0 bridgehead atoms. The summed E-state index contributed by atoms with van der Waals surface area (Å²) in [5.74, 6) is -1.32. The summed E-state index contributed by atoms with van der Waals surface area (Å²) in [6.07, 6.45) is 0. The van der Waals surface area contributed by atoms with E-state index >= 15 is 0 Å². The molecule has 0 radical (unpaired) electrons. The lowest BCUT2D eigenvalue weighted by Gasteiger charge is -1.92. The van der Waals surface area contributed by atoms with Crippen LogP contribution in [0.4, 0.5) is 4.39 Å². The number of rotatable bonds is 1. The fourth-order valence-electron chi connectivity index (χ4n) is 0.433. The molecule has 0 atom stereocenters. The smallest absolute Gasteiger partial charge is 0.255 e. The lowest BCUT2D eigenvalue weighted by Crippen LogP contribution is -1.92. The first-order valence-electron chi connectivity index (χ1n) is 4.33. The highest BCUT2D eigenvalue weighted by atomic mass is 35.5. The molecule has 1 aromatic rings. The monoisotopic (exact) mass is 162 g/mol. The quantitative estimate of drug-likeness (QED) is 0.579. The van der Waals surface area contributed by atoms with Crippen LogP contribution >= 0.6 is 11.6 Å². The van der Waals surface area contributed by atoms with E-state index in [1.807, 2.05) is 0 Å². The Morgan fingerprint density at radius 2 is 2.20 bits per heavy atom. The highest BCUT2D eigenvalue weighted by Gasteiger charge is 2.05. The van der Waals surface area contributed by atoms with E-state index < -0.39 is 40.8 Å². The van der Waals surface area contributed by atoms with Gasteiger partial charge in [0.2, 0.25) is 0 Å². The van der Waals surface area contributed by atoms with Gasteiger partial charge in [0, 0.05) is 0 Å². The van der Waals surface area contributed by atoms with Gasteiger partial charge in [-0.25, -0.2) is 4.39 Å². The highest BCUT2D eigenvalue weighted by molar-refractivity contribution is 6.67. The molecule has 0 saturated carbocycles. The van der Waals surface area contributed by atoms with Crippen molar-refractivity contribution < 1.29 is 14.7 Å². The predicted molar refractivity (Wildman–Crippen MR) is 36.6 cm³/mol. The Bertz CT molecular complexity index is 392. The molecule has 0 fully saturated rings. The first kappa shape index (κ1) is 3.49. The van der Waals surface area contributed by atoms with Crippen molar-refractivity contribution in [1.29, 1.82) is 0 Å². The van der Waals surface area contributed by atoms with Crippen molar-refractivity contribution in [3.05, 3.63) is 35.6 Å². The minimum absolute atomic E-state index is 0.680. The zero-order valence-corrected chi connectivity index (χ0v) is 5.42. The normalized spacial score (nSPS) is 15.0. The third-order valence-corrected chi connectivity index (χ3v) is 1.03. The minimum atomic E-state index is -1.32. The molecule has 0 aliphatic carbocycles. The van der Waals surface area contributed by atoms with Gasteiger partial charge in [0.1, 0.15) is 5.82 Å². The number of carbonyl (C=O) groups excluding carboxylic acids is 1. The van der Waals surface area contributed by atoms with Gasteiger partial charge in [-0.3, -0.25) is 4.79 Å². The lowest BCUT2D eigenvalue weighted by molar-refractivity contribution is 0.107. The SMILES string of the molecule is [2H]c1c([2H])c([2H])c(C(=O)Cl)c(F)c1[2H]. The molecule has 0 N–H and O–H groups in total. The Morgan fingerprint density at radius 1 is 1.60 bits per heavy atom. The molecule has 0 heterocycles. The summed E-state index contributed by atoms with van der Waals surface area (Å²) >= 11 is 4.98. The summed E-state index contributed by atoms with van der Waals surface area (Å²) in [6, 6.07) is -3.06. The lowest BCUT2D eigenvalue weighted by atomic mass is 10.2. The summed E-state index contributed by atoms with van der Waals surface area (Å²) in [6.45, 7) is 0. The third kappa shape index (κ3) is 1.33. The van der Waals surface area contributed by atoms with Gasteiger partial charge in [-0.2, -0.15) is 0 Å². The molecular weight excluding hydrogens is 155 g/mol. The molecule has 0 spiro atoms. The van der Waals surface area contributed by atoms with Crippen molar-refractivity contribution in [1.82, 2.24) is 0 Å². The standard InChI is InChI=1S/C7H4ClFO/c8-7(10)5-3-1-2-4-6(5)9/h1-4H/i1D,2D,3D,4D. The Hall–Kier alpha value is -0.890. The zero-order chi connectivity index (χ0) is 11.0. The maximum atomic E-state index is 13.1. The Labute approximate surface area is 68.0 Å². The number of benzene rings is 1. The molecule has 3 heteroatoms. The molecule has 1 rings (SSSR count). The van der Waals surface area contributed by atoms with Crippen LogP contribution in [0.5, 0.6) is 0 Å². The first-order chi connectivity index (χ1) is 6.37. The first-order valence-corrected chi connectivity index (χ1v) is 2.71. The minimum Gasteiger partial charge on any atom is -0.275 e. The van der Waals surface area contributed by atoms with E-state index in [1.54, 1.807) is 0 Å². The van der Waals surface area contributed by atoms with Gasteiger partial charge in [0.05, 0.1) is 11.0 Å². The van der Waals surface area contributed by atoms with Crippen LogP contribution in [0, 0.1) is 5.82 Å². The van der Waals surface area contributed by atoms with Gasteiger partial charge < -0.3 is 0 Å². The molecule has 10 heavy (non-hydrogen) atoms. The molecule has 0 aromatic heterocycles. The molecule has 1 aromatic carbocycles. The number of halogens is 2. The van der Waals surface area contributed by atoms with Crippen LogP contribution in [0.15, 0.2) is 24.2 Å². The summed E-state index contributed by atoms with van der Waals surface area (Å²) in [7, 11) is 0. The molecular formula is C7H4ClFO. The average Bonchev–Trinajstić information content (AvgIpc) is 2.11. The topological polar surface area (TPSA) is 17.1 Å². The molecule has 52 valence electrons. The highest BCUT2D eigenvalue weighted by Crippen LogP contribution is 2.08. The van der Waals surface area contributed by atoms with Crippen molar-refractivity contribution >= 4 is 16.8 Å². The second-order valence-corrected chi connectivity index (χ2v) is 1.81.